The molecular formula is C11H18N4. The van der Waals surface area contributed by atoms with Crippen molar-refractivity contribution in [2.75, 3.05) is 31.1 Å². The van der Waals surface area contributed by atoms with Crippen LogP contribution in [0, 0.1) is 6.92 Å². The lowest BCUT2D eigenvalue weighted by atomic mass is 10.2. The van der Waals surface area contributed by atoms with E-state index in [1.165, 1.54) is 11.4 Å². The molecule has 0 atom stereocenters. The van der Waals surface area contributed by atoms with Gasteiger partial charge >= 0.3 is 0 Å². The Labute approximate surface area is 90.7 Å². The van der Waals surface area contributed by atoms with Gasteiger partial charge in [0.1, 0.15) is 5.82 Å². The summed E-state index contributed by atoms with van der Waals surface area (Å²) in [6.07, 6.45) is 2.94. The first-order valence-corrected chi connectivity index (χ1v) is 5.59. The second-order valence-electron chi connectivity index (χ2n) is 3.84. The third-order valence-corrected chi connectivity index (χ3v) is 2.76. The fourth-order valence-corrected chi connectivity index (χ4v) is 1.94. The molecule has 15 heavy (non-hydrogen) atoms. The zero-order valence-corrected chi connectivity index (χ0v) is 9.45. The highest BCUT2D eigenvalue weighted by Gasteiger charge is 2.14. The van der Waals surface area contributed by atoms with Gasteiger partial charge in [-0.2, -0.15) is 0 Å². The van der Waals surface area contributed by atoms with Crippen LogP contribution in [-0.4, -0.2) is 36.1 Å². The molecule has 1 fully saturated rings. The van der Waals surface area contributed by atoms with Gasteiger partial charge in [-0.1, -0.05) is 6.92 Å². The monoisotopic (exact) mass is 206 g/mol. The molecule has 1 aliphatic heterocycles. The average molecular weight is 206 g/mol. The predicted octanol–water partition coefficient (Wildman–Crippen LogP) is 0.757. The number of aromatic nitrogens is 2. The Morgan fingerprint density at radius 2 is 2.13 bits per heavy atom. The van der Waals surface area contributed by atoms with Crippen molar-refractivity contribution in [2.24, 2.45) is 0 Å². The van der Waals surface area contributed by atoms with Crippen molar-refractivity contribution in [1.29, 1.82) is 0 Å². The molecule has 0 bridgehead atoms. The van der Waals surface area contributed by atoms with E-state index in [1.54, 1.807) is 0 Å². The highest BCUT2D eigenvalue weighted by atomic mass is 15.2. The van der Waals surface area contributed by atoms with Crippen LogP contribution in [0.2, 0.25) is 0 Å². The molecule has 1 aromatic heterocycles. The SMILES string of the molecule is CCc1nc(C)ncc1N1CCNCC1. The Bertz CT molecular complexity index is 331. The molecule has 4 nitrogen and oxygen atoms in total. The summed E-state index contributed by atoms with van der Waals surface area (Å²) in [5.74, 6) is 0.866. The first kappa shape index (κ1) is 10.4. The Morgan fingerprint density at radius 3 is 2.80 bits per heavy atom. The number of nitrogens with one attached hydrogen (secondary N) is 1. The van der Waals surface area contributed by atoms with E-state index in [0.29, 0.717) is 0 Å². The van der Waals surface area contributed by atoms with E-state index in [1.807, 2.05) is 13.1 Å². The summed E-state index contributed by atoms with van der Waals surface area (Å²) >= 11 is 0. The third kappa shape index (κ3) is 2.26. The summed E-state index contributed by atoms with van der Waals surface area (Å²) in [4.78, 5) is 11.2. The highest BCUT2D eigenvalue weighted by Crippen LogP contribution is 2.18. The number of hydrogen-bond acceptors (Lipinski definition) is 4. The van der Waals surface area contributed by atoms with Crippen molar-refractivity contribution >= 4 is 5.69 Å². The molecule has 2 heterocycles. The van der Waals surface area contributed by atoms with Gasteiger partial charge in [0.2, 0.25) is 0 Å². The van der Waals surface area contributed by atoms with Gasteiger partial charge in [0.25, 0.3) is 0 Å². The predicted molar refractivity (Wildman–Crippen MR) is 61.2 cm³/mol. The van der Waals surface area contributed by atoms with Crippen LogP contribution in [0.15, 0.2) is 6.20 Å². The van der Waals surface area contributed by atoms with Crippen molar-refractivity contribution < 1.29 is 0 Å². The van der Waals surface area contributed by atoms with Crippen molar-refractivity contribution in [3.63, 3.8) is 0 Å². The maximum absolute atomic E-state index is 4.49. The van der Waals surface area contributed by atoms with E-state index in [9.17, 15) is 0 Å². The van der Waals surface area contributed by atoms with E-state index >= 15 is 0 Å². The van der Waals surface area contributed by atoms with E-state index < -0.39 is 0 Å². The number of hydrogen-bond donors (Lipinski definition) is 1. The lowest BCUT2D eigenvalue weighted by Gasteiger charge is -2.30. The largest absolute Gasteiger partial charge is 0.366 e. The van der Waals surface area contributed by atoms with Crippen LogP contribution in [0.4, 0.5) is 5.69 Å². The minimum Gasteiger partial charge on any atom is -0.366 e. The molecule has 2 rings (SSSR count). The standard InChI is InChI=1S/C11H18N4/c1-3-10-11(8-13-9(2)14-10)15-6-4-12-5-7-15/h8,12H,3-7H2,1-2H3. The number of nitrogens with zero attached hydrogens (tertiary/aromatic N) is 3. The van der Waals surface area contributed by atoms with E-state index in [2.05, 4.69) is 27.1 Å². The Kier molecular flexibility index (Phi) is 3.16. The maximum atomic E-state index is 4.49. The van der Waals surface area contributed by atoms with Crippen LogP contribution in [-0.2, 0) is 6.42 Å². The Hall–Kier alpha value is -1.16. The second-order valence-corrected chi connectivity index (χ2v) is 3.84. The van der Waals surface area contributed by atoms with Gasteiger partial charge in [-0.25, -0.2) is 9.97 Å². The molecule has 1 N–H and O–H groups in total. The van der Waals surface area contributed by atoms with Crippen molar-refractivity contribution in [3.8, 4) is 0 Å². The number of piperazine rings is 1. The van der Waals surface area contributed by atoms with Crippen LogP contribution < -0.4 is 10.2 Å². The van der Waals surface area contributed by atoms with Gasteiger partial charge in [0.05, 0.1) is 17.6 Å². The van der Waals surface area contributed by atoms with Crippen LogP contribution in [0.5, 0.6) is 0 Å². The second kappa shape index (κ2) is 4.57. The van der Waals surface area contributed by atoms with E-state index in [-0.39, 0.29) is 0 Å². The smallest absolute Gasteiger partial charge is 0.125 e. The van der Waals surface area contributed by atoms with Crippen molar-refractivity contribution in [3.05, 3.63) is 17.7 Å². The molecule has 0 unspecified atom stereocenters. The zero-order valence-electron chi connectivity index (χ0n) is 9.45. The Morgan fingerprint density at radius 1 is 1.40 bits per heavy atom. The number of anilines is 1. The highest BCUT2D eigenvalue weighted by molar-refractivity contribution is 5.49. The molecule has 0 aliphatic carbocycles. The summed E-state index contributed by atoms with van der Waals surface area (Å²) in [5.41, 5.74) is 2.38. The Balaban J connectivity index is 2.25. The molecule has 1 saturated heterocycles. The summed E-state index contributed by atoms with van der Waals surface area (Å²) in [7, 11) is 0. The molecule has 1 aliphatic rings. The topological polar surface area (TPSA) is 41.1 Å². The lowest BCUT2D eigenvalue weighted by molar-refractivity contribution is 0.586. The molecular weight excluding hydrogens is 188 g/mol. The normalized spacial score (nSPS) is 16.8. The average Bonchev–Trinajstić information content (AvgIpc) is 2.30. The van der Waals surface area contributed by atoms with Gasteiger partial charge in [0.15, 0.2) is 0 Å². The molecule has 0 amide bonds. The molecule has 0 aromatic carbocycles. The fraction of sp³-hybridized carbons (Fsp3) is 0.636. The van der Waals surface area contributed by atoms with Crippen LogP contribution >= 0.6 is 0 Å². The van der Waals surface area contributed by atoms with Gasteiger partial charge in [0, 0.05) is 26.2 Å². The van der Waals surface area contributed by atoms with Gasteiger partial charge in [-0.15, -0.1) is 0 Å². The molecule has 82 valence electrons. The van der Waals surface area contributed by atoms with Crippen molar-refractivity contribution in [1.82, 2.24) is 15.3 Å². The fourth-order valence-electron chi connectivity index (χ4n) is 1.94. The summed E-state index contributed by atoms with van der Waals surface area (Å²) in [6, 6.07) is 0. The number of aryl methyl sites for hydroxylation is 2. The number of rotatable bonds is 2. The molecule has 1 aromatic rings. The maximum Gasteiger partial charge on any atom is 0.125 e. The lowest BCUT2D eigenvalue weighted by Crippen LogP contribution is -2.44. The van der Waals surface area contributed by atoms with Gasteiger partial charge < -0.3 is 10.2 Å². The van der Waals surface area contributed by atoms with E-state index in [4.69, 9.17) is 0 Å². The molecule has 0 saturated carbocycles. The van der Waals surface area contributed by atoms with Crippen LogP contribution in [0.3, 0.4) is 0 Å². The van der Waals surface area contributed by atoms with E-state index in [0.717, 1.165) is 38.4 Å². The third-order valence-electron chi connectivity index (χ3n) is 2.76. The first-order chi connectivity index (χ1) is 7.31. The minimum absolute atomic E-state index is 0.866. The minimum atomic E-state index is 0.866. The summed E-state index contributed by atoms with van der Waals surface area (Å²) < 4.78 is 0. The molecule has 4 heteroatoms. The quantitative estimate of drug-likeness (QED) is 0.775. The van der Waals surface area contributed by atoms with Crippen molar-refractivity contribution in [2.45, 2.75) is 20.3 Å². The summed E-state index contributed by atoms with van der Waals surface area (Å²) in [5, 5.41) is 3.35. The molecule has 0 spiro atoms. The first-order valence-electron chi connectivity index (χ1n) is 5.59. The molecule has 0 radical (unpaired) electrons. The zero-order chi connectivity index (χ0) is 10.7. The van der Waals surface area contributed by atoms with Gasteiger partial charge in [-0.05, 0) is 13.3 Å². The van der Waals surface area contributed by atoms with Gasteiger partial charge in [-0.3, -0.25) is 0 Å². The van der Waals surface area contributed by atoms with Crippen LogP contribution in [0.25, 0.3) is 0 Å². The van der Waals surface area contributed by atoms with Crippen LogP contribution in [0.1, 0.15) is 18.4 Å². The summed E-state index contributed by atoms with van der Waals surface area (Å²) in [6.45, 7) is 8.31.